The van der Waals surface area contributed by atoms with Crippen LogP contribution in [0.4, 0.5) is 26.3 Å². The highest BCUT2D eigenvalue weighted by atomic mass is 19.4. The standard InChI is InChI=1S/C16H10F6O2/c17-15(18,19)11-5-1-9(2-6-11)13(14(23)24)10-3-7-12(8-4-10)16(20,21)22/h1-8,13H,(H,23,24). The highest BCUT2D eigenvalue weighted by Crippen LogP contribution is 2.34. The van der Waals surface area contributed by atoms with Crippen molar-refractivity contribution >= 4 is 5.97 Å². The zero-order chi connectivity index (χ0) is 18.1. The molecule has 0 fully saturated rings. The van der Waals surface area contributed by atoms with E-state index in [1.54, 1.807) is 0 Å². The second kappa shape index (κ2) is 6.18. The summed E-state index contributed by atoms with van der Waals surface area (Å²) in [6, 6.07) is 6.92. The van der Waals surface area contributed by atoms with Crippen LogP contribution in [0.1, 0.15) is 28.2 Å². The molecule has 0 heterocycles. The lowest BCUT2D eigenvalue weighted by molar-refractivity contribution is -0.138. The van der Waals surface area contributed by atoms with Crippen molar-refractivity contribution in [2.45, 2.75) is 18.3 Å². The number of carbonyl (C=O) groups is 1. The Bertz CT molecular complexity index is 657. The predicted molar refractivity (Wildman–Crippen MR) is 72.4 cm³/mol. The first kappa shape index (κ1) is 17.8. The van der Waals surface area contributed by atoms with Crippen molar-refractivity contribution in [3.05, 3.63) is 70.8 Å². The molecule has 0 unspecified atom stereocenters. The first-order valence-electron chi connectivity index (χ1n) is 6.57. The molecule has 0 aliphatic carbocycles. The van der Waals surface area contributed by atoms with Gasteiger partial charge in [-0.05, 0) is 35.4 Å². The quantitative estimate of drug-likeness (QED) is 0.798. The van der Waals surface area contributed by atoms with Crippen molar-refractivity contribution < 1.29 is 36.2 Å². The molecule has 1 N–H and O–H groups in total. The molecule has 0 spiro atoms. The summed E-state index contributed by atoms with van der Waals surface area (Å²) in [5, 5.41) is 9.29. The number of aliphatic carboxylic acids is 1. The van der Waals surface area contributed by atoms with Gasteiger partial charge < -0.3 is 5.11 Å². The number of hydrogen-bond acceptors (Lipinski definition) is 1. The molecule has 0 amide bonds. The minimum Gasteiger partial charge on any atom is -0.481 e. The SMILES string of the molecule is O=C(O)C(c1ccc(C(F)(F)F)cc1)c1ccc(C(F)(F)F)cc1. The summed E-state index contributed by atoms with van der Waals surface area (Å²) in [5.41, 5.74) is -1.81. The van der Waals surface area contributed by atoms with E-state index in [1.165, 1.54) is 0 Å². The van der Waals surface area contributed by atoms with Crippen molar-refractivity contribution in [3.8, 4) is 0 Å². The molecular formula is C16H10F6O2. The molecule has 2 aromatic rings. The number of halogens is 6. The van der Waals surface area contributed by atoms with Crippen LogP contribution in [0.3, 0.4) is 0 Å². The molecule has 0 aliphatic rings. The van der Waals surface area contributed by atoms with Gasteiger partial charge in [-0.15, -0.1) is 0 Å². The Morgan fingerprint density at radius 2 is 1.00 bits per heavy atom. The second-order valence-electron chi connectivity index (χ2n) is 5.01. The van der Waals surface area contributed by atoms with E-state index in [1.807, 2.05) is 0 Å². The second-order valence-corrected chi connectivity index (χ2v) is 5.01. The maximum atomic E-state index is 12.5. The lowest BCUT2D eigenvalue weighted by atomic mass is 9.90. The molecule has 8 heteroatoms. The average molecular weight is 348 g/mol. The summed E-state index contributed by atoms with van der Waals surface area (Å²) in [6.45, 7) is 0. The van der Waals surface area contributed by atoms with Gasteiger partial charge in [0.15, 0.2) is 0 Å². The molecular weight excluding hydrogens is 338 g/mol. The smallest absolute Gasteiger partial charge is 0.416 e. The van der Waals surface area contributed by atoms with Crippen LogP contribution < -0.4 is 0 Å². The largest absolute Gasteiger partial charge is 0.481 e. The van der Waals surface area contributed by atoms with Gasteiger partial charge in [-0.25, -0.2) is 0 Å². The summed E-state index contributed by atoms with van der Waals surface area (Å²) >= 11 is 0. The van der Waals surface area contributed by atoms with Gasteiger partial charge >= 0.3 is 18.3 Å². The van der Waals surface area contributed by atoms with Gasteiger partial charge in [0.05, 0.1) is 11.1 Å². The van der Waals surface area contributed by atoms with Gasteiger partial charge in [-0.3, -0.25) is 4.79 Å². The molecule has 0 saturated carbocycles. The lowest BCUT2D eigenvalue weighted by Crippen LogP contribution is -2.14. The van der Waals surface area contributed by atoms with Gasteiger partial charge in [0, 0.05) is 0 Å². The minimum atomic E-state index is -4.56. The normalized spacial score (nSPS) is 12.5. The molecule has 2 nitrogen and oxygen atoms in total. The molecule has 0 atom stereocenters. The van der Waals surface area contributed by atoms with Crippen molar-refractivity contribution in [1.29, 1.82) is 0 Å². The first-order chi connectivity index (χ1) is 11.0. The Morgan fingerprint density at radius 3 is 1.21 bits per heavy atom. The zero-order valence-electron chi connectivity index (χ0n) is 11.8. The Hall–Kier alpha value is -2.51. The van der Waals surface area contributed by atoms with Crippen LogP contribution in [-0.2, 0) is 17.1 Å². The first-order valence-corrected chi connectivity index (χ1v) is 6.57. The fourth-order valence-corrected chi connectivity index (χ4v) is 2.21. The minimum absolute atomic E-state index is 0.0373. The number of rotatable bonds is 3. The number of carboxylic acid groups (broad SMARTS) is 1. The third-order valence-electron chi connectivity index (χ3n) is 3.39. The Kier molecular flexibility index (Phi) is 4.59. The van der Waals surface area contributed by atoms with Gasteiger partial charge in [-0.2, -0.15) is 26.3 Å². The van der Waals surface area contributed by atoms with E-state index in [2.05, 4.69) is 0 Å². The molecule has 24 heavy (non-hydrogen) atoms. The van der Waals surface area contributed by atoms with E-state index in [-0.39, 0.29) is 11.1 Å². The zero-order valence-corrected chi connectivity index (χ0v) is 11.8. The average Bonchev–Trinajstić information content (AvgIpc) is 2.46. The fraction of sp³-hybridized carbons (Fsp3) is 0.188. The van der Waals surface area contributed by atoms with E-state index in [4.69, 9.17) is 0 Å². The highest BCUT2D eigenvalue weighted by molar-refractivity contribution is 5.80. The van der Waals surface area contributed by atoms with E-state index in [9.17, 15) is 36.2 Å². The lowest BCUT2D eigenvalue weighted by Gasteiger charge is -2.15. The molecule has 0 aromatic heterocycles. The maximum absolute atomic E-state index is 12.5. The topological polar surface area (TPSA) is 37.3 Å². The molecule has 2 aromatic carbocycles. The van der Waals surface area contributed by atoms with Crippen LogP contribution in [0.2, 0.25) is 0 Å². The van der Waals surface area contributed by atoms with Crippen LogP contribution >= 0.6 is 0 Å². The maximum Gasteiger partial charge on any atom is 0.416 e. The fourth-order valence-electron chi connectivity index (χ4n) is 2.21. The van der Waals surface area contributed by atoms with Gasteiger partial charge in [0.25, 0.3) is 0 Å². The number of benzene rings is 2. The predicted octanol–water partition coefficient (Wildman–Crippen LogP) is 4.94. The third kappa shape index (κ3) is 3.87. The highest BCUT2D eigenvalue weighted by Gasteiger charge is 2.32. The van der Waals surface area contributed by atoms with E-state index < -0.39 is 35.4 Å². The van der Waals surface area contributed by atoms with E-state index >= 15 is 0 Å². The molecule has 128 valence electrons. The van der Waals surface area contributed by atoms with Crippen LogP contribution in [-0.4, -0.2) is 11.1 Å². The van der Waals surface area contributed by atoms with Crippen LogP contribution in [0.15, 0.2) is 48.5 Å². The van der Waals surface area contributed by atoms with Crippen LogP contribution in [0.5, 0.6) is 0 Å². The van der Waals surface area contributed by atoms with E-state index in [0.29, 0.717) is 0 Å². The molecule has 0 bridgehead atoms. The third-order valence-corrected chi connectivity index (χ3v) is 3.39. The molecule has 2 rings (SSSR count). The van der Waals surface area contributed by atoms with Crippen LogP contribution in [0.25, 0.3) is 0 Å². The summed E-state index contributed by atoms with van der Waals surface area (Å²) in [4.78, 5) is 11.4. The summed E-state index contributed by atoms with van der Waals surface area (Å²) in [6.07, 6.45) is -9.13. The Balaban J connectivity index is 2.38. The van der Waals surface area contributed by atoms with Crippen molar-refractivity contribution in [2.24, 2.45) is 0 Å². The van der Waals surface area contributed by atoms with Gasteiger partial charge in [0.2, 0.25) is 0 Å². The Labute approximate surface area is 132 Å². The number of alkyl halides is 6. The monoisotopic (exact) mass is 348 g/mol. The van der Waals surface area contributed by atoms with Crippen molar-refractivity contribution in [1.82, 2.24) is 0 Å². The van der Waals surface area contributed by atoms with Gasteiger partial charge in [-0.1, -0.05) is 24.3 Å². The van der Waals surface area contributed by atoms with E-state index in [0.717, 1.165) is 48.5 Å². The van der Waals surface area contributed by atoms with Crippen molar-refractivity contribution in [3.63, 3.8) is 0 Å². The summed E-state index contributed by atoms with van der Waals surface area (Å²) < 4.78 is 75.2. The molecule has 0 radical (unpaired) electrons. The van der Waals surface area contributed by atoms with Crippen molar-refractivity contribution in [2.75, 3.05) is 0 Å². The molecule has 0 aliphatic heterocycles. The molecule has 0 saturated heterocycles. The van der Waals surface area contributed by atoms with Crippen LogP contribution in [0, 0.1) is 0 Å². The Morgan fingerprint density at radius 1 is 0.708 bits per heavy atom. The summed E-state index contributed by atoms with van der Waals surface area (Å²) in [7, 11) is 0. The summed E-state index contributed by atoms with van der Waals surface area (Å²) in [5.74, 6) is -2.75. The number of hydrogen-bond donors (Lipinski definition) is 1. The van der Waals surface area contributed by atoms with Gasteiger partial charge in [0.1, 0.15) is 5.92 Å². The number of carboxylic acids is 1.